The van der Waals surface area contributed by atoms with Gasteiger partial charge in [0.15, 0.2) is 0 Å². The van der Waals surface area contributed by atoms with Crippen molar-refractivity contribution in [3.8, 4) is 5.75 Å². The van der Waals surface area contributed by atoms with E-state index in [1.165, 1.54) is 24.8 Å². The van der Waals surface area contributed by atoms with E-state index in [-0.39, 0.29) is 23.8 Å². The Labute approximate surface area is 278 Å². The second-order valence-corrected chi connectivity index (χ2v) is 14.1. The van der Waals surface area contributed by atoms with Gasteiger partial charge in [-0.25, -0.2) is 0 Å². The molecule has 1 spiro atoms. The van der Waals surface area contributed by atoms with Crippen LogP contribution in [0.4, 0.5) is 5.69 Å². The number of amides is 3. The zero-order chi connectivity index (χ0) is 32.4. The fourth-order valence-corrected chi connectivity index (χ4v) is 8.79. The first-order chi connectivity index (χ1) is 22.9. The van der Waals surface area contributed by atoms with Crippen LogP contribution < -0.4 is 15.4 Å². The molecule has 47 heavy (non-hydrogen) atoms. The first kappa shape index (κ1) is 31.9. The fourth-order valence-electron chi connectivity index (χ4n) is 8.79. The van der Waals surface area contributed by atoms with Crippen LogP contribution in [0.2, 0.25) is 0 Å². The molecule has 9 nitrogen and oxygen atoms in total. The van der Waals surface area contributed by atoms with Gasteiger partial charge in [0.2, 0.25) is 17.7 Å². The van der Waals surface area contributed by atoms with Crippen LogP contribution in [0.1, 0.15) is 56.9 Å². The summed E-state index contributed by atoms with van der Waals surface area (Å²) < 4.78 is 11.9. The summed E-state index contributed by atoms with van der Waals surface area (Å²) in [6.07, 6.45) is 12.7. The molecule has 3 saturated heterocycles. The summed E-state index contributed by atoms with van der Waals surface area (Å²) in [5, 5.41) is 6.28. The van der Waals surface area contributed by atoms with E-state index in [0.29, 0.717) is 23.9 Å². The van der Waals surface area contributed by atoms with Gasteiger partial charge < -0.3 is 29.9 Å². The highest BCUT2D eigenvalue weighted by molar-refractivity contribution is 6.02. The molecule has 5 atom stereocenters. The molecule has 5 aliphatic rings. The van der Waals surface area contributed by atoms with Gasteiger partial charge in [-0.1, -0.05) is 67.8 Å². The largest absolute Gasteiger partial charge is 0.497 e. The quantitative estimate of drug-likeness (QED) is 0.349. The van der Waals surface area contributed by atoms with Crippen molar-refractivity contribution < 1.29 is 23.9 Å². The Balaban J connectivity index is 1.04. The Bertz CT molecular complexity index is 1470. The minimum Gasteiger partial charge on any atom is -0.497 e. The Kier molecular flexibility index (Phi) is 9.37. The number of hydrogen-bond donors (Lipinski definition) is 2. The number of likely N-dealkylation sites (tertiary alicyclic amines) is 2. The second-order valence-electron chi connectivity index (χ2n) is 14.1. The van der Waals surface area contributed by atoms with Gasteiger partial charge in [0.05, 0.1) is 25.0 Å². The lowest BCUT2D eigenvalue weighted by atomic mass is 9.74. The van der Waals surface area contributed by atoms with Crippen LogP contribution in [0.5, 0.6) is 5.75 Å². The van der Waals surface area contributed by atoms with Crippen molar-refractivity contribution in [3.63, 3.8) is 0 Å². The maximum absolute atomic E-state index is 14.4. The lowest BCUT2D eigenvalue weighted by molar-refractivity contribution is -0.141. The van der Waals surface area contributed by atoms with E-state index in [1.807, 2.05) is 24.3 Å². The fraction of sp³-hybridized carbons (Fsp3) is 0.553. The third kappa shape index (κ3) is 6.44. The molecule has 0 unspecified atom stereocenters. The highest BCUT2D eigenvalue weighted by atomic mass is 16.5. The summed E-state index contributed by atoms with van der Waals surface area (Å²) in [4.78, 5) is 46.5. The van der Waals surface area contributed by atoms with Crippen LogP contribution in [-0.4, -0.2) is 84.6 Å². The van der Waals surface area contributed by atoms with E-state index in [2.05, 4.69) is 45.9 Å². The number of nitrogens with zero attached hydrogens (tertiary/aromatic N) is 2. The third-order valence-corrected chi connectivity index (χ3v) is 11.2. The number of nitrogens with one attached hydrogen (secondary N) is 2. The molecule has 250 valence electrons. The number of piperidine rings is 1. The number of rotatable bonds is 11. The normalized spacial score (nSPS) is 29.2. The zero-order valence-electron chi connectivity index (χ0n) is 27.4. The van der Waals surface area contributed by atoms with Crippen LogP contribution in [-0.2, 0) is 25.5 Å². The molecule has 0 aromatic heterocycles. The molecule has 7 rings (SSSR count). The number of hydrogen-bond acceptors (Lipinski definition) is 6. The first-order valence-electron chi connectivity index (χ1n) is 17.6. The topological polar surface area (TPSA) is 100 Å². The minimum absolute atomic E-state index is 0.107. The van der Waals surface area contributed by atoms with Gasteiger partial charge in [-0.05, 0) is 81.8 Å². The molecule has 2 aromatic rings. The lowest BCUT2D eigenvalue weighted by Gasteiger charge is -2.35. The molecular formula is C38H48N4O5. The van der Waals surface area contributed by atoms with Crippen molar-refractivity contribution in [2.45, 2.75) is 81.6 Å². The maximum atomic E-state index is 14.4. The molecule has 2 N–H and O–H groups in total. The molecule has 2 aromatic carbocycles. The van der Waals surface area contributed by atoms with Crippen molar-refractivity contribution in [2.24, 2.45) is 17.8 Å². The number of ether oxygens (including phenoxy) is 2. The van der Waals surface area contributed by atoms with E-state index < -0.39 is 29.6 Å². The minimum atomic E-state index is -1.15. The summed E-state index contributed by atoms with van der Waals surface area (Å²) >= 11 is 0. The van der Waals surface area contributed by atoms with E-state index in [0.717, 1.165) is 58.2 Å². The van der Waals surface area contributed by atoms with E-state index in [4.69, 9.17) is 9.47 Å². The molecule has 0 radical (unpaired) electrons. The van der Waals surface area contributed by atoms with Crippen molar-refractivity contribution in [1.82, 2.24) is 15.1 Å². The summed E-state index contributed by atoms with van der Waals surface area (Å²) in [5.41, 5.74) is 0.852. The van der Waals surface area contributed by atoms with Gasteiger partial charge in [0.25, 0.3) is 0 Å². The summed E-state index contributed by atoms with van der Waals surface area (Å²) in [5.74, 6) is -0.747. The predicted molar refractivity (Wildman–Crippen MR) is 180 cm³/mol. The van der Waals surface area contributed by atoms with Crippen molar-refractivity contribution in [2.75, 3.05) is 38.6 Å². The standard InChI is InChI=1S/C38H48N4O5/c1-46-30-15-8-14-29(25-30)40-35(43)32-31-16-19-38(47-31)33(32)37(45)42(34(38)36(44)39-28-12-6-3-7-13-28)21-9-20-41-22-17-27(18-23-41)24-26-10-4-2-5-11-26/h2,4-5,8,10-11,14-16,19,25,27-28,31-34H,3,6-7,9,12-13,17-18,20-24H2,1H3,(H,39,44)(H,40,43)/t31-,32+,33-,34-,38-/m1/s1. The monoisotopic (exact) mass is 640 g/mol. The van der Waals surface area contributed by atoms with Crippen LogP contribution in [0.25, 0.3) is 0 Å². The van der Waals surface area contributed by atoms with Crippen molar-refractivity contribution in [3.05, 3.63) is 72.3 Å². The SMILES string of the molecule is COc1cccc(NC(=O)[C@H]2[C@H]3C=C[C@@]4(O3)[C@H]2C(=O)N(CCCN2CCC(Cc3ccccc3)CC2)[C@@H]4C(=O)NC2CCCCC2)c1. The zero-order valence-corrected chi connectivity index (χ0v) is 27.4. The smallest absolute Gasteiger partial charge is 0.246 e. The number of benzene rings is 2. The molecule has 1 saturated carbocycles. The van der Waals surface area contributed by atoms with Gasteiger partial charge >= 0.3 is 0 Å². The molecule has 1 aliphatic carbocycles. The molecular weight excluding hydrogens is 592 g/mol. The highest BCUT2D eigenvalue weighted by Crippen LogP contribution is 2.55. The van der Waals surface area contributed by atoms with E-state index >= 15 is 0 Å². The number of methoxy groups -OCH3 is 1. The van der Waals surface area contributed by atoms with E-state index in [1.54, 1.807) is 24.1 Å². The molecule has 4 fully saturated rings. The maximum Gasteiger partial charge on any atom is 0.246 e. The number of carbonyl (C=O) groups is 3. The Morgan fingerprint density at radius 3 is 2.51 bits per heavy atom. The molecule has 2 bridgehead atoms. The first-order valence-corrected chi connectivity index (χ1v) is 17.6. The van der Waals surface area contributed by atoms with Gasteiger partial charge in [-0.2, -0.15) is 0 Å². The van der Waals surface area contributed by atoms with Crippen molar-refractivity contribution in [1.29, 1.82) is 0 Å². The Morgan fingerprint density at radius 1 is 0.957 bits per heavy atom. The number of anilines is 1. The molecule has 3 amide bonds. The summed E-state index contributed by atoms with van der Waals surface area (Å²) in [7, 11) is 1.58. The van der Waals surface area contributed by atoms with Gasteiger partial charge in [0.1, 0.15) is 17.4 Å². The highest BCUT2D eigenvalue weighted by Gasteiger charge is 2.72. The van der Waals surface area contributed by atoms with Gasteiger partial charge in [-0.15, -0.1) is 0 Å². The lowest BCUT2D eigenvalue weighted by Crippen LogP contribution is -2.56. The van der Waals surface area contributed by atoms with Crippen LogP contribution in [0, 0.1) is 17.8 Å². The number of carbonyl (C=O) groups excluding carboxylic acids is 3. The van der Waals surface area contributed by atoms with Crippen LogP contribution in [0.3, 0.4) is 0 Å². The Morgan fingerprint density at radius 2 is 1.74 bits per heavy atom. The average Bonchev–Trinajstić information content (AvgIpc) is 3.74. The van der Waals surface area contributed by atoms with Crippen molar-refractivity contribution >= 4 is 23.4 Å². The third-order valence-electron chi connectivity index (χ3n) is 11.2. The predicted octanol–water partition coefficient (Wildman–Crippen LogP) is 4.58. The van der Waals surface area contributed by atoms with E-state index in [9.17, 15) is 14.4 Å². The van der Waals surface area contributed by atoms with Gasteiger partial charge in [0, 0.05) is 24.3 Å². The second kappa shape index (κ2) is 13.8. The van der Waals surface area contributed by atoms with Crippen LogP contribution >= 0.6 is 0 Å². The number of fused-ring (bicyclic) bond motifs is 1. The van der Waals surface area contributed by atoms with Gasteiger partial charge in [-0.3, -0.25) is 14.4 Å². The summed E-state index contributed by atoms with van der Waals surface area (Å²) in [6, 6.07) is 17.2. The summed E-state index contributed by atoms with van der Waals surface area (Å²) in [6.45, 7) is 3.42. The average molecular weight is 641 g/mol. The molecule has 4 aliphatic heterocycles. The Hall–Kier alpha value is -3.69. The molecule has 4 heterocycles. The molecule has 9 heteroatoms. The van der Waals surface area contributed by atoms with Crippen LogP contribution in [0.15, 0.2) is 66.7 Å².